The lowest BCUT2D eigenvalue weighted by atomic mass is 10.1. The molecule has 2 N–H and O–H groups in total. The van der Waals surface area contributed by atoms with Crippen molar-refractivity contribution in [2.75, 3.05) is 22.9 Å². The third-order valence-electron chi connectivity index (χ3n) is 3.50. The summed E-state index contributed by atoms with van der Waals surface area (Å²) in [7, 11) is -3.44. The molecule has 0 aliphatic heterocycles. The fourth-order valence-corrected chi connectivity index (χ4v) is 3.13. The maximum atomic E-state index is 12.5. The molecule has 144 valence electrons. The summed E-state index contributed by atoms with van der Waals surface area (Å²) in [6, 6.07) is 9.00. The molecular formula is C18H19ClN2O5S. The van der Waals surface area contributed by atoms with Gasteiger partial charge in [-0.1, -0.05) is 11.6 Å². The first-order valence-corrected chi connectivity index (χ1v) is 10.2. The van der Waals surface area contributed by atoms with Crippen molar-refractivity contribution >= 4 is 44.9 Å². The van der Waals surface area contributed by atoms with Crippen LogP contribution in [0.3, 0.4) is 0 Å². The molecule has 2 aromatic rings. The molecule has 0 atom stereocenters. The summed E-state index contributed by atoms with van der Waals surface area (Å²) >= 11 is 6.10. The predicted octanol–water partition coefficient (Wildman–Crippen LogP) is 3.45. The van der Waals surface area contributed by atoms with Crippen LogP contribution in [0.5, 0.6) is 0 Å². The van der Waals surface area contributed by atoms with E-state index in [1.54, 1.807) is 32.0 Å². The lowest BCUT2D eigenvalue weighted by molar-refractivity contribution is 0.0526. The fourth-order valence-electron chi connectivity index (χ4n) is 2.31. The summed E-state index contributed by atoms with van der Waals surface area (Å²) in [5.74, 6) is -0.895. The van der Waals surface area contributed by atoms with Crippen molar-refractivity contribution in [3.63, 3.8) is 0 Å². The Bertz CT molecular complexity index is 989. The number of sulfonamides is 1. The SMILES string of the molecule is CCOC(=O)c1ccc(NC(=O)c2ccc(NS(C)(=O)=O)cc2Cl)c(C)c1. The van der Waals surface area contributed by atoms with E-state index in [9.17, 15) is 18.0 Å². The van der Waals surface area contributed by atoms with Crippen LogP contribution in [0.2, 0.25) is 5.02 Å². The van der Waals surface area contributed by atoms with Gasteiger partial charge in [-0.3, -0.25) is 9.52 Å². The number of carbonyl (C=O) groups is 2. The lowest BCUT2D eigenvalue weighted by Crippen LogP contribution is -2.15. The van der Waals surface area contributed by atoms with Crippen molar-refractivity contribution in [3.8, 4) is 0 Å². The number of ether oxygens (including phenoxy) is 1. The van der Waals surface area contributed by atoms with Gasteiger partial charge in [-0.25, -0.2) is 13.2 Å². The number of benzene rings is 2. The second kappa shape index (κ2) is 8.41. The van der Waals surface area contributed by atoms with Gasteiger partial charge in [-0.05, 0) is 55.8 Å². The van der Waals surface area contributed by atoms with E-state index in [4.69, 9.17) is 16.3 Å². The second-order valence-corrected chi connectivity index (χ2v) is 7.93. The van der Waals surface area contributed by atoms with Gasteiger partial charge in [0.25, 0.3) is 5.91 Å². The number of anilines is 2. The number of rotatable bonds is 6. The second-order valence-electron chi connectivity index (χ2n) is 5.77. The normalized spacial score (nSPS) is 11.0. The van der Waals surface area contributed by atoms with Crippen LogP contribution in [0.4, 0.5) is 11.4 Å². The first-order chi connectivity index (χ1) is 12.6. The maximum Gasteiger partial charge on any atom is 0.338 e. The fraction of sp³-hybridized carbons (Fsp3) is 0.222. The van der Waals surface area contributed by atoms with E-state index in [0.717, 1.165) is 6.26 Å². The number of hydrogen-bond donors (Lipinski definition) is 2. The van der Waals surface area contributed by atoms with Crippen LogP contribution in [-0.4, -0.2) is 33.2 Å². The van der Waals surface area contributed by atoms with E-state index in [0.29, 0.717) is 16.8 Å². The molecule has 9 heteroatoms. The minimum atomic E-state index is -3.44. The Balaban J connectivity index is 2.18. The summed E-state index contributed by atoms with van der Waals surface area (Å²) in [6.45, 7) is 3.75. The zero-order valence-electron chi connectivity index (χ0n) is 15.0. The number of esters is 1. The van der Waals surface area contributed by atoms with Gasteiger partial charge in [0, 0.05) is 11.4 Å². The molecule has 0 radical (unpaired) electrons. The Kier molecular flexibility index (Phi) is 6.45. The highest BCUT2D eigenvalue weighted by Gasteiger charge is 2.15. The highest BCUT2D eigenvalue weighted by atomic mass is 35.5. The average Bonchev–Trinajstić information content (AvgIpc) is 2.55. The average molecular weight is 411 g/mol. The largest absolute Gasteiger partial charge is 0.462 e. The Morgan fingerprint density at radius 3 is 2.41 bits per heavy atom. The molecule has 0 saturated carbocycles. The molecule has 27 heavy (non-hydrogen) atoms. The zero-order valence-corrected chi connectivity index (χ0v) is 16.6. The number of hydrogen-bond acceptors (Lipinski definition) is 5. The van der Waals surface area contributed by atoms with Gasteiger partial charge in [0.1, 0.15) is 0 Å². The number of halogens is 1. The Labute approximate surface area is 162 Å². The Morgan fingerprint density at radius 1 is 1.15 bits per heavy atom. The minimum absolute atomic E-state index is 0.0990. The van der Waals surface area contributed by atoms with Crippen LogP contribution in [0.15, 0.2) is 36.4 Å². The molecule has 0 aliphatic carbocycles. The van der Waals surface area contributed by atoms with Crippen LogP contribution in [-0.2, 0) is 14.8 Å². The summed E-state index contributed by atoms with van der Waals surface area (Å²) < 4.78 is 29.7. The molecule has 0 bridgehead atoms. The van der Waals surface area contributed by atoms with E-state index >= 15 is 0 Å². The quantitative estimate of drug-likeness (QED) is 0.710. The molecule has 0 unspecified atom stereocenters. The molecule has 0 spiro atoms. The molecule has 0 aromatic heterocycles. The summed E-state index contributed by atoms with van der Waals surface area (Å²) in [6.07, 6.45) is 1.02. The van der Waals surface area contributed by atoms with Crippen LogP contribution in [0, 0.1) is 6.92 Å². The maximum absolute atomic E-state index is 12.5. The molecule has 2 rings (SSSR count). The number of aryl methyl sites for hydroxylation is 1. The van der Waals surface area contributed by atoms with Crippen molar-refractivity contribution < 1.29 is 22.7 Å². The van der Waals surface area contributed by atoms with Gasteiger partial charge >= 0.3 is 5.97 Å². The monoisotopic (exact) mass is 410 g/mol. The molecule has 1 amide bonds. The van der Waals surface area contributed by atoms with Gasteiger partial charge < -0.3 is 10.1 Å². The molecule has 2 aromatic carbocycles. The van der Waals surface area contributed by atoms with Crippen molar-refractivity contribution in [2.24, 2.45) is 0 Å². The van der Waals surface area contributed by atoms with E-state index in [1.165, 1.54) is 18.2 Å². The van der Waals surface area contributed by atoms with Crippen molar-refractivity contribution in [3.05, 3.63) is 58.1 Å². The van der Waals surface area contributed by atoms with E-state index < -0.39 is 21.9 Å². The van der Waals surface area contributed by atoms with Crippen molar-refractivity contribution in [2.45, 2.75) is 13.8 Å². The topological polar surface area (TPSA) is 102 Å². The highest BCUT2D eigenvalue weighted by Crippen LogP contribution is 2.24. The van der Waals surface area contributed by atoms with Crippen LogP contribution < -0.4 is 10.0 Å². The van der Waals surface area contributed by atoms with E-state index in [-0.39, 0.29) is 22.9 Å². The minimum Gasteiger partial charge on any atom is -0.462 e. The molecular weight excluding hydrogens is 392 g/mol. The first kappa shape index (κ1) is 20.7. The number of carbonyl (C=O) groups excluding carboxylic acids is 2. The number of nitrogens with one attached hydrogen (secondary N) is 2. The molecule has 0 saturated heterocycles. The van der Waals surface area contributed by atoms with Gasteiger partial charge in [-0.15, -0.1) is 0 Å². The Morgan fingerprint density at radius 2 is 1.85 bits per heavy atom. The van der Waals surface area contributed by atoms with Gasteiger partial charge in [0.05, 0.1) is 29.0 Å². The van der Waals surface area contributed by atoms with Crippen LogP contribution in [0.1, 0.15) is 33.2 Å². The molecule has 0 aliphatic rings. The standard InChI is InChI=1S/C18H19ClN2O5S/c1-4-26-18(23)12-5-8-16(11(2)9-12)20-17(22)14-7-6-13(10-15(14)19)21-27(3,24)25/h5-10,21H,4H2,1-3H3,(H,20,22). The number of amides is 1. The highest BCUT2D eigenvalue weighted by molar-refractivity contribution is 7.92. The third kappa shape index (κ3) is 5.70. The van der Waals surface area contributed by atoms with E-state index in [1.807, 2.05) is 0 Å². The van der Waals surface area contributed by atoms with Crippen molar-refractivity contribution in [1.82, 2.24) is 0 Å². The van der Waals surface area contributed by atoms with Crippen LogP contribution in [0.25, 0.3) is 0 Å². The van der Waals surface area contributed by atoms with Gasteiger partial charge in [0.15, 0.2) is 0 Å². The summed E-state index contributed by atoms with van der Waals surface area (Å²) in [4.78, 5) is 24.2. The molecule has 0 heterocycles. The van der Waals surface area contributed by atoms with Gasteiger partial charge in [-0.2, -0.15) is 0 Å². The first-order valence-electron chi connectivity index (χ1n) is 7.97. The summed E-state index contributed by atoms with van der Waals surface area (Å²) in [5, 5.41) is 2.82. The third-order valence-corrected chi connectivity index (χ3v) is 4.42. The predicted molar refractivity (Wildman–Crippen MR) is 105 cm³/mol. The van der Waals surface area contributed by atoms with E-state index in [2.05, 4.69) is 10.0 Å². The van der Waals surface area contributed by atoms with Crippen molar-refractivity contribution in [1.29, 1.82) is 0 Å². The van der Waals surface area contributed by atoms with Gasteiger partial charge in [0.2, 0.25) is 10.0 Å². The van der Waals surface area contributed by atoms with Crippen LogP contribution >= 0.6 is 11.6 Å². The summed E-state index contributed by atoms with van der Waals surface area (Å²) in [5.41, 5.74) is 2.03. The lowest BCUT2D eigenvalue weighted by Gasteiger charge is -2.12. The zero-order chi connectivity index (χ0) is 20.2. The molecule has 7 nitrogen and oxygen atoms in total. The molecule has 0 fully saturated rings. The smallest absolute Gasteiger partial charge is 0.338 e. The Hall–Kier alpha value is -2.58.